The molecule has 2 aromatic rings. The number of primary amides is 1. The summed E-state index contributed by atoms with van der Waals surface area (Å²) in [5, 5.41) is 0. The maximum Gasteiger partial charge on any atom is 0.234 e. The highest BCUT2D eigenvalue weighted by atomic mass is 19.1. The number of carbonyl (C=O) groups excluding carboxylic acids is 1. The molecule has 126 valence electrons. The van der Waals surface area contributed by atoms with Crippen LogP contribution in [0.3, 0.4) is 0 Å². The zero-order valence-corrected chi connectivity index (χ0v) is 13.6. The monoisotopic (exact) mass is 327 g/mol. The van der Waals surface area contributed by atoms with Crippen molar-refractivity contribution in [3.63, 3.8) is 0 Å². The molecule has 2 N–H and O–H groups in total. The zero-order valence-electron chi connectivity index (χ0n) is 13.6. The topological polar surface area (TPSA) is 59.2 Å². The minimum absolute atomic E-state index is 0.141. The molecule has 1 fully saturated rings. The van der Waals surface area contributed by atoms with E-state index in [9.17, 15) is 9.18 Å². The van der Waals surface area contributed by atoms with Crippen molar-refractivity contribution in [3.8, 4) is 0 Å². The van der Waals surface area contributed by atoms with Gasteiger partial charge in [-0.05, 0) is 67.7 Å². The van der Waals surface area contributed by atoms with Gasteiger partial charge in [-0.15, -0.1) is 0 Å². The van der Waals surface area contributed by atoms with E-state index < -0.39 is 0 Å². The largest absolute Gasteiger partial charge is 0.368 e. The average Bonchev–Trinajstić information content (AvgIpc) is 3.06. The molecule has 1 aromatic carbocycles. The molecule has 1 aliphatic heterocycles. The van der Waals surface area contributed by atoms with E-state index in [1.54, 1.807) is 12.4 Å². The molecule has 1 saturated heterocycles. The lowest BCUT2D eigenvalue weighted by atomic mass is 9.89. The van der Waals surface area contributed by atoms with Gasteiger partial charge in [-0.25, -0.2) is 4.39 Å². The summed E-state index contributed by atoms with van der Waals surface area (Å²) in [5.41, 5.74) is 7.71. The number of nitrogens with zero attached hydrogens (tertiary/aromatic N) is 2. The Morgan fingerprint density at radius 3 is 2.54 bits per heavy atom. The maximum atomic E-state index is 13.3. The summed E-state index contributed by atoms with van der Waals surface area (Å²) in [6, 6.07) is 10.5. The SMILES string of the molecule is NC(=O)C1CCCN1CCC(c1ccncc1)c1ccc(F)cc1. The third-order valence-corrected chi connectivity index (χ3v) is 4.78. The van der Waals surface area contributed by atoms with Gasteiger partial charge in [0.2, 0.25) is 5.91 Å². The maximum absolute atomic E-state index is 13.3. The first-order chi connectivity index (χ1) is 11.6. The Hall–Kier alpha value is -2.27. The van der Waals surface area contributed by atoms with Crippen molar-refractivity contribution in [3.05, 3.63) is 65.7 Å². The van der Waals surface area contributed by atoms with Gasteiger partial charge in [0.1, 0.15) is 5.82 Å². The lowest BCUT2D eigenvalue weighted by molar-refractivity contribution is -0.122. The number of pyridine rings is 1. The van der Waals surface area contributed by atoms with E-state index >= 15 is 0 Å². The summed E-state index contributed by atoms with van der Waals surface area (Å²) in [5.74, 6) is -0.335. The van der Waals surface area contributed by atoms with E-state index in [0.717, 1.165) is 43.5 Å². The predicted octanol–water partition coefficient (Wildman–Crippen LogP) is 2.69. The van der Waals surface area contributed by atoms with Crippen molar-refractivity contribution < 1.29 is 9.18 Å². The highest BCUT2D eigenvalue weighted by Crippen LogP contribution is 2.29. The van der Waals surface area contributed by atoms with Crippen LogP contribution in [0.1, 0.15) is 36.3 Å². The second kappa shape index (κ2) is 7.53. The van der Waals surface area contributed by atoms with Crippen LogP contribution in [0.4, 0.5) is 4.39 Å². The lowest BCUT2D eigenvalue weighted by Crippen LogP contribution is -2.41. The number of rotatable bonds is 6. The minimum atomic E-state index is -0.241. The molecule has 1 aromatic heterocycles. The molecule has 0 saturated carbocycles. The third-order valence-electron chi connectivity index (χ3n) is 4.78. The Bertz CT molecular complexity index is 675. The van der Waals surface area contributed by atoms with Crippen LogP contribution in [0.2, 0.25) is 0 Å². The van der Waals surface area contributed by atoms with Gasteiger partial charge in [0, 0.05) is 18.3 Å². The second-order valence-electron chi connectivity index (χ2n) is 6.27. The summed E-state index contributed by atoms with van der Waals surface area (Å²) in [4.78, 5) is 17.8. The number of carbonyl (C=O) groups is 1. The standard InChI is InChI=1S/C19H22FN3O/c20-16-5-3-14(4-6-16)17(15-7-10-22-11-8-15)9-13-23-12-1-2-18(23)19(21)24/h3-8,10-11,17-18H,1-2,9,12-13H2,(H2,21,24). The Morgan fingerprint density at radius 1 is 1.21 bits per heavy atom. The smallest absolute Gasteiger partial charge is 0.234 e. The number of nitrogens with two attached hydrogens (primary N) is 1. The molecule has 0 radical (unpaired) electrons. The molecule has 1 aliphatic rings. The second-order valence-corrected chi connectivity index (χ2v) is 6.27. The Labute approximate surface area is 141 Å². The van der Waals surface area contributed by atoms with Gasteiger partial charge in [-0.2, -0.15) is 0 Å². The first-order valence-electron chi connectivity index (χ1n) is 8.34. The van der Waals surface area contributed by atoms with Gasteiger partial charge in [0.25, 0.3) is 0 Å². The summed E-state index contributed by atoms with van der Waals surface area (Å²) < 4.78 is 13.3. The molecule has 2 unspecified atom stereocenters. The molecular weight excluding hydrogens is 305 g/mol. The summed E-state index contributed by atoms with van der Waals surface area (Å²) in [6.45, 7) is 1.69. The quantitative estimate of drug-likeness (QED) is 0.887. The van der Waals surface area contributed by atoms with Crippen LogP contribution in [0.15, 0.2) is 48.8 Å². The van der Waals surface area contributed by atoms with Gasteiger partial charge in [-0.3, -0.25) is 14.7 Å². The Kier molecular flexibility index (Phi) is 5.20. The first kappa shape index (κ1) is 16.6. The summed E-state index contributed by atoms with van der Waals surface area (Å²) >= 11 is 0. The molecule has 2 atom stereocenters. The molecule has 4 nitrogen and oxygen atoms in total. The number of aromatic nitrogens is 1. The summed E-state index contributed by atoms with van der Waals surface area (Å²) in [6.07, 6.45) is 6.23. The molecule has 0 spiro atoms. The van der Waals surface area contributed by atoms with Crippen LogP contribution in [-0.2, 0) is 4.79 Å². The third kappa shape index (κ3) is 3.79. The Morgan fingerprint density at radius 2 is 1.88 bits per heavy atom. The van der Waals surface area contributed by atoms with Crippen LogP contribution in [-0.4, -0.2) is 34.9 Å². The minimum Gasteiger partial charge on any atom is -0.368 e. The van der Waals surface area contributed by atoms with Gasteiger partial charge >= 0.3 is 0 Å². The van der Waals surface area contributed by atoms with E-state index in [1.807, 2.05) is 24.3 Å². The highest BCUT2D eigenvalue weighted by Gasteiger charge is 2.29. The van der Waals surface area contributed by atoms with E-state index in [0.29, 0.717) is 0 Å². The Balaban J connectivity index is 1.78. The van der Waals surface area contributed by atoms with Gasteiger partial charge in [0.15, 0.2) is 0 Å². The highest BCUT2D eigenvalue weighted by molar-refractivity contribution is 5.80. The van der Waals surface area contributed by atoms with Crippen molar-refractivity contribution in [1.29, 1.82) is 0 Å². The molecule has 0 bridgehead atoms. The van der Waals surface area contributed by atoms with Crippen molar-refractivity contribution in [1.82, 2.24) is 9.88 Å². The lowest BCUT2D eigenvalue weighted by Gasteiger charge is -2.25. The summed E-state index contributed by atoms with van der Waals surface area (Å²) in [7, 11) is 0. The number of hydrogen-bond acceptors (Lipinski definition) is 3. The van der Waals surface area contributed by atoms with Crippen LogP contribution >= 0.6 is 0 Å². The van der Waals surface area contributed by atoms with Crippen LogP contribution < -0.4 is 5.73 Å². The zero-order chi connectivity index (χ0) is 16.9. The first-order valence-corrected chi connectivity index (χ1v) is 8.34. The van der Waals surface area contributed by atoms with Crippen molar-refractivity contribution in [2.24, 2.45) is 5.73 Å². The van der Waals surface area contributed by atoms with Crippen LogP contribution in [0, 0.1) is 5.82 Å². The fourth-order valence-electron chi connectivity index (χ4n) is 3.53. The molecule has 0 aliphatic carbocycles. The molecule has 5 heteroatoms. The van der Waals surface area contributed by atoms with Crippen molar-refractivity contribution in [2.75, 3.05) is 13.1 Å². The van der Waals surface area contributed by atoms with Gasteiger partial charge in [0.05, 0.1) is 6.04 Å². The number of benzene rings is 1. The molecule has 2 heterocycles. The molecule has 24 heavy (non-hydrogen) atoms. The average molecular weight is 327 g/mol. The molecule has 1 amide bonds. The molecular formula is C19H22FN3O. The number of amides is 1. The van der Waals surface area contributed by atoms with Gasteiger partial charge in [-0.1, -0.05) is 12.1 Å². The fourth-order valence-corrected chi connectivity index (χ4v) is 3.53. The van der Waals surface area contributed by atoms with E-state index in [4.69, 9.17) is 5.73 Å². The van der Waals surface area contributed by atoms with E-state index in [1.165, 1.54) is 12.1 Å². The van der Waals surface area contributed by atoms with Gasteiger partial charge < -0.3 is 5.73 Å². The van der Waals surface area contributed by atoms with Crippen LogP contribution in [0.25, 0.3) is 0 Å². The van der Waals surface area contributed by atoms with E-state index in [-0.39, 0.29) is 23.7 Å². The predicted molar refractivity (Wildman–Crippen MR) is 90.9 cm³/mol. The normalized spacial score (nSPS) is 19.3. The van der Waals surface area contributed by atoms with Crippen molar-refractivity contribution in [2.45, 2.75) is 31.2 Å². The van der Waals surface area contributed by atoms with E-state index in [2.05, 4.69) is 9.88 Å². The number of likely N-dealkylation sites (tertiary alicyclic amines) is 1. The fraction of sp³-hybridized carbons (Fsp3) is 0.368. The number of halogens is 1. The van der Waals surface area contributed by atoms with Crippen LogP contribution in [0.5, 0.6) is 0 Å². The molecule has 3 rings (SSSR count). The van der Waals surface area contributed by atoms with Crippen molar-refractivity contribution >= 4 is 5.91 Å². The number of hydrogen-bond donors (Lipinski definition) is 1.